The molecule has 4 rings (SSSR count). The first kappa shape index (κ1) is 20.4. The summed E-state index contributed by atoms with van der Waals surface area (Å²) in [5, 5.41) is 11.9. The zero-order chi connectivity index (χ0) is 22.3. The molecule has 2 heterocycles. The van der Waals surface area contributed by atoms with Crippen molar-refractivity contribution in [3.63, 3.8) is 0 Å². The summed E-state index contributed by atoms with van der Waals surface area (Å²) in [6.07, 6.45) is 0. The van der Waals surface area contributed by atoms with Crippen molar-refractivity contribution >= 4 is 52.2 Å². The van der Waals surface area contributed by atoms with Gasteiger partial charge in [-0.2, -0.15) is 0 Å². The first-order valence-corrected chi connectivity index (χ1v) is 10.0. The minimum Gasteiger partial charge on any atom is -0.480 e. The van der Waals surface area contributed by atoms with E-state index in [-0.39, 0.29) is 5.56 Å². The van der Waals surface area contributed by atoms with Gasteiger partial charge in [-0.05, 0) is 55.1 Å². The second-order valence-electron chi connectivity index (χ2n) is 6.76. The Bertz CT molecular complexity index is 1090. The zero-order valence-corrected chi connectivity index (χ0v) is 16.9. The lowest BCUT2D eigenvalue weighted by Crippen LogP contribution is -2.44. The van der Waals surface area contributed by atoms with E-state index in [1.165, 1.54) is 31.2 Å². The molecule has 2 atom stereocenters. The summed E-state index contributed by atoms with van der Waals surface area (Å²) >= 11 is 0.728. The number of carboxylic acid groups (broad SMARTS) is 1. The molecule has 2 aliphatic heterocycles. The third-order valence-electron chi connectivity index (χ3n) is 4.75. The number of carboxylic acids is 1. The van der Waals surface area contributed by atoms with Crippen molar-refractivity contribution in [3.05, 3.63) is 60.2 Å². The summed E-state index contributed by atoms with van der Waals surface area (Å²) in [7, 11) is 0. The van der Waals surface area contributed by atoms with Crippen LogP contribution < -0.4 is 15.2 Å². The highest BCUT2D eigenvalue weighted by Gasteiger charge is 2.56. The molecule has 5 amide bonds. The summed E-state index contributed by atoms with van der Waals surface area (Å²) in [5.41, 5.74) is 0.876. The number of carbonyl (C=O) groups is 5. The van der Waals surface area contributed by atoms with E-state index < -0.39 is 40.5 Å². The number of anilines is 2. The number of nitrogens with zero attached hydrogens (tertiary/aromatic N) is 3. The predicted molar refractivity (Wildman–Crippen MR) is 111 cm³/mol. The molecule has 2 saturated heterocycles. The maximum atomic E-state index is 13.0. The summed E-state index contributed by atoms with van der Waals surface area (Å²) in [6.45, 7) is 1.34. The molecule has 158 valence electrons. The average molecular weight is 440 g/mol. The van der Waals surface area contributed by atoms with Gasteiger partial charge in [-0.25, -0.2) is 19.7 Å². The Kier molecular flexibility index (Phi) is 5.11. The van der Waals surface area contributed by atoms with Crippen molar-refractivity contribution in [2.45, 2.75) is 18.3 Å². The smallest absolute Gasteiger partial charge is 0.352 e. The van der Waals surface area contributed by atoms with Crippen molar-refractivity contribution in [2.75, 3.05) is 9.91 Å². The number of carbonyl (C=O) groups excluding carboxylic acids is 4. The lowest BCUT2D eigenvalue weighted by molar-refractivity contribution is -0.138. The van der Waals surface area contributed by atoms with Crippen LogP contribution in [-0.4, -0.2) is 50.6 Å². The second-order valence-corrected chi connectivity index (χ2v) is 7.80. The normalized spacial score (nSPS) is 18.9. The molecule has 0 spiro atoms. The van der Waals surface area contributed by atoms with Crippen LogP contribution in [0.5, 0.6) is 0 Å². The molecule has 0 aromatic heterocycles. The van der Waals surface area contributed by atoms with Crippen LogP contribution in [0, 0.1) is 0 Å². The molecule has 2 aromatic rings. The number of nitrogens with one attached hydrogen (secondary N) is 1. The van der Waals surface area contributed by atoms with Crippen LogP contribution in [0.4, 0.5) is 21.0 Å². The van der Waals surface area contributed by atoms with E-state index in [0.717, 1.165) is 26.7 Å². The van der Waals surface area contributed by atoms with Gasteiger partial charge in [0.1, 0.15) is 6.04 Å². The largest absolute Gasteiger partial charge is 0.480 e. The van der Waals surface area contributed by atoms with E-state index in [0.29, 0.717) is 11.4 Å². The fourth-order valence-electron chi connectivity index (χ4n) is 3.18. The molecule has 10 nitrogen and oxygen atoms in total. The number of hydrogen-bond acceptors (Lipinski definition) is 6. The fourth-order valence-corrected chi connectivity index (χ4v) is 4.15. The fraction of sp³-hybridized carbons (Fsp3) is 0.150. The van der Waals surface area contributed by atoms with Crippen LogP contribution in [0.3, 0.4) is 0 Å². The summed E-state index contributed by atoms with van der Waals surface area (Å²) < 4.78 is 0. The number of hydrazine groups is 1. The number of urea groups is 1. The zero-order valence-electron chi connectivity index (χ0n) is 16.1. The number of aliphatic carboxylic acids is 1. The molecule has 2 aliphatic rings. The number of benzene rings is 2. The SMILES string of the molecule is CC(NC(=O)c1ccc(N2C(=O)SC3C(=O)N(c4ccccc4)C(=O)N32)cc1)C(=O)O. The number of thioether (sulfide) groups is 1. The van der Waals surface area contributed by atoms with E-state index in [9.17, 15) is 24.0 Å². The van der Waals surface area contributed by atoms with Crippen molar-refractivity contribution in [3.8, 4) is 0 Å². The van der Waals surface area contributed by atoms with Gasteiger partial charge in [0, 0.05) is 5.56 Å². The van der Waals surface area contributed by atoms with Gasteiger partial charge in [-0.1, -0.05) is 18.2 Å². The molecular formula is C20H16N4O6S. The van der Waals surface area contributed by atoms with Gasteiger partial charge in [0.05, 0.1) is 11.4 Å². The van der Waals surface area contributed by atoms with Crippen LogP contribution in [-0.2, 0) is 9.59 Å². The van der Waals surface area contributed by atoms with Crippen LogP contribution in [0.15, 0.2) is 54.6 Å². The highest BCUT2D eigenvalue weighted by molar-refractivity contribution is 8.15. The number of amides is 5. The Hall–Kier alpha value is -3.86. The van der Waals surface area contributed by atoms with E-state index in [2.05, 4.69) is 5.32 Å². The summed E-state index contributed by atoms with van der Waals surface area (Å²) in [4.78, 5) is 62.4. The number of hydrogen-bond donors (Lipinski definition) is 2. The quantitative estimate of drug-likeness (QED) is 0.683. The number of para-hydroxylation sites is 1. The molecule has 2 fully saturated rings. The molecule has 2 aromatic carbocycles. The lowest BCUT2D eigenvalue weighted by atomic mass is 10.2. The standard InChI is InChI=1S/C20H16N4O6S/c1-11(18(27)28)21-15(25)12-7-9-14(10-8-12)23-20(30)31-17-16(26)22(19(29)24(17)23)13-5-3-2-4-6-13/h2-11,17H,1H3,(H,21,25)(H,27,28). The summed E-state index contributed by atoms with van der Waals surface area (Å²) in [5.74, 6) is -2.28. The molecule has 0 bridgehead atoms. The van der Waals surface area contributed by atoms with Crippen molar-refractivity contribution in [2.24, 2.45) is 0 Å². The maximum absolute atomic E-state index is 13.0. The Labute approximate surface area is 180 Å². The monoisotopic (exact) mass is 440 g/mol. The third kappa shape index (κ3) is 3.48. The molecule has 0 aliphatic carbocycles. The minimum absolute atomic E-state index is 0.183. The van der Waals surface area contributed by atoms with Crippen molar-refractivity contribution in [1.82, 2.24) is 10.3 Å². The molecule has 31 heavy (non-hydrogen) atoms. The van der Waals surface area contributed by atoms with E-state index in [1.54, 1.807) is 30.3 Å². The molecular weight excluding hydrogens is 424 g/mol. The lowest BCUT2D eigenvalue weighted by Gasteiger charge is -2.25. The van der Waals surface area contributed by atoms with Gasteiger partial charge in [0.15, 0.2) is 5.37 Å². The van der Waals surface area contributed by atoms with Gasteiger partial charge in [-0.15, -0.1) is 0 Å². The number of imide groups is 1. The first-order valence-electron chi connectivity index (χ1n) is 9.16. The topological polar surface area (TPSA) is 127 Å². The van der Waals surface area contributed by atoms with Gasteiger partial charge in [0.2, 0.25) is 0 Å². The highest BCUT2D eigenvalue weighted by Crippen LogP contribution is 2.41. The first-order chi connectivity index (χ1) is 14.8. The van der Waals surface area contributed by atoms with Gasteiger partial charge < -0.3 is 10.4 Å². The molecule has 0 radical (unpaired) electrons. The predicted octanol–water partition coefficient (Wildman–Crippen LogP) is 2.27. The maximum Gasteiger partial charge on any atom is 0.352 e. The summed E-state index contributed by atoms with van der Waals surface area (Å²) in [6, 6.07) is 12.4. The van der Waals surface area contributed by atoms with E-state index in [1.807, 2.05) is 0 Å². The Morgan fingerprint density at radius 3 is 2.26 bits per heavy atom. The van der Waals surface area contributed by atoms with Crippen LogP contribution >= 0.6 is 11.8 Å². The van der Waals surface area contributed by atoms with E-state index in [4.69, 9.17) is 5.11 Å². The Morgan fingerprint density at radius 2 is 1.65 bits per heavy atom. The minimum atomic E-state index is -1.17. The Morgan fingerprint density at radius 1 is 1.00 bits per heavy atom. The van der Waals surface area contributed by atoms with Crippen LogP contribution in [0.2, 0.25) is 0 Å². The average Bonchev–Trinajstić information content (AvgIpc) is 3.22. The highest BCUT2D eigenvalue weighted by atomic mass is 32.2. The van der Waals surface area contributed by atoms with Crippen molar-refractivity contribution in [1.29, 1.82) is 0 Å². The Balaban J connectivity index is 1.58. The molecule has 2 N–H and O–H groups in total. The van der Waals surface area contributed by atoms with Crippen LogP contribution in [0.25, 0.3) is 0 Å². The molecule has 2 unspecified atom stereocenters. The van der Waals surface area contributed by atoms with Crippen LogP contribution in [0.1, 0.15) is 17.3 Å². The van der Waals surface area contributed by atoms with Gasteiger partial charge in [-0.3, -0.25) is 19.2 Å². The third-order valence-corrected chi connectivity index (χ3v) is 5.75. The number of fused-ring (bicyclic) bond motifs is 1. The second kappa shape index (κ2) is 7.76. The van der Waals surface area contributed by atoms with E-state index >= 15 is 0 Å². The van der Waals surface area contributed by atoms with Gasteiger partial charge >= 0.3 is 17.2 Å². The molecule has 0 saturated carbocycles. The van der Waals surface area contributed by atoms with Crippen molar-refractivity contribution < 1.29 is 29.1 Å². The van der Waals surface area contributed by atoms with Gasteiger partial charge in [0.25, 0.3) is 11.8 Å². The number of rotatable bonds is 5. The molecule has 11 heteroatoms.